The van der Waals surface area contributed by atoms with Gasteiger partial charge in [-0.1, -0.05) is 48.0 Å². The number of furan rings is 1. The zero-order valence-electron chi connectivity index (χ0n) is 22.5. The largest absolute Gasteiger partial charge is 0.495 e. The van der Waals surface area contributed by atoms with E-state index < -0.39 is 6.04 Å². The predicted molar refractivity (Wildman–Crippen MR) is 161 cm³/mol. The van der Waals surface area contributed by atoms with Gasteiger partial charge in [-0.05, 0) is 42.8 Å². The minimum Gasteiger partial charge on any atom is -0.495 e. The van der Waals surface area contributed by atoms with Crippen molar-refractivity contribution in [3.05, 3.63) is 101 Å². The lowest BCUT2D eigenvalue weighted by atomic mass is 9.93. The Hall–Kier alpha value is -4.95. The predicted octanol–water partition coefficient (Wildman–Crippen LogP) is 7.53. The molecule has 0 unspecified atom stereocenters. The van der Waals surface area contributed by atoms with E-state index in [-0.39, 0.29) is 5.91 Å². The molecule has 1 amide bonds. The van der Waals surface area contributed by atoms with Gasteiger partial charge in [0.2, 0.25) is 5.95 Å². The zero-order chi connectivity index (χ0) is 28.2. The van der Waals surface area contributed by atoms with Crippen LogP contribution in [0.25, 0.3) is 33.0 Å². The van der Waals surface area contributed by atoms with Gasteiger partial charge in [0.15, 0.2) is 0 Å². The van der Waals surface area contributed by atoms with E-state index in [2.05, 4.69) is 21.3 Å². The van der Waals surface area contributed by atoms with E-state index in [1.807, 2.05) is 67.6 Å². The van der Waals surface area contributed by atoms with Crippen LogP contribution >= 0.6 is 11.6 Å². The lowest BCUT2D eigenvalue weighted by molar-refractivity contribution is -0.113. The normalized spacial score (nSPS) is 14.8. The average Bonchev–Trinajstić information content (AvgIpc) is 3.54. The molecule has 6 aromatic rings. The first-order valence-corrected chi connectivity index (χ1v) is 13.4. The Labute approximate surface area is 240 Å². The van der Waals surface area contributed by atoms with E-state index >= 15 is 0 Å². The van der Waals surface area contributed by atoms with E-state index in [0.29, 0.717) is 39.4 Å². The summed E-state index contributed by atoms with van der Waals surface area (Å²) >= 11 is 6.32. The van der Waals surface area contributed by atoms with Gasteiger partial charge in [0.1, 0.15) is 22.7 Å². The summed E-state index contributed by atoms with van der Waals surface area (Å²) in [6.45, 7) is 1.89. The Morgan fingerprint density at radius 3 is 2.54 bits per heavy atom. The number of carbonyl (C=O) groups is 1. The number of halogens is 1. The van der Waals surface area contributed by atoms with E-state index in [4.69, 9.17) is 30.5 Å². The lowest BCUT2D eigenvalue weighted by Gasteiger charge is -2.31. The molecule has 8 nitrogen and oxygen atoms in total. The van der Waals surface area contributed by atoms with Crippen molar-refractivity contribution in [3.63, 3.8) is 0 Å². The molecule has 2 N–H and O–H groups in total. The number of aromatic nitrogens is 2. The smallest absolute Gasteiger partial charge is 0.255 e. The van der Waals surface area contributed by atoms with Gasteiger partial charge in [-0.3, -0.25) is 9.36 Å². The van der Waals surface area contributed by atoms with Gasteiger partial charge in [0, 0.05) is 28.6 Å². The number of ether oxygens (including phenoxy) is 2. The second-order valence-electron chi connectivity index (χ2n) is 9.86. The molecule has 1 aliphatic rings. The molecule has 1 aliphatic heterocycles. The van der Waals surface area contributed by atoms with Gasteiger partial charge >= 0.3 is 0 Å². The van der Waals surface area contributed by atoms with Crippen LogP contribution in [0.4, 0.5) is 11.6 Å². The van der Waals surface area contributed by atoms with E-state index in [1.54, 1.807) is 12.1 Å². The van der Waals surface area contributed by atoms with Crippen LogP contribution in [0.15, 0.2) is 94.6 Å². The number of nitrogens with zero attached hydrogens (tertiary/aromatic N) is 2. The highest BCUT2D eigenvalue weighted by atomic mass is 35.5. The molecular formula is C32H25ClN4O4. The van der Waals surface area contributed by atoms with Gasteiger partial charge in [-0.2, -0.15) is 0 Å². The highest BCUT2D eigenvalue weighted by Crippen LogP contribution is 2.42. The van der Waals surface area contributed by atoms with Gasteiger partial charge < -0.3 is 24.5 Å². The van der Waals surface area contributed by atoms with Crippen molar-refractivity contribution in [1.82, 2.24) is 9.55 Å². The molecule has 7 rings (SSSR count). The third-order valence-electron chi connectivity index (χ3n) is 7.51. The summed E-state index contributed by atoms with van der Waals surface area (Å²) in [7, 11) is 3.05. The Morgan fingerprint density at radius 2 is 1.71 bits per heavy atom. The number of fused-ring (bicyclic) bond motifs is 6. The van der Waals surface area contributed by atoms with Crippen LogP contribution in [0.1, 0.15) is 18.5 Å². The number of para-hydroxylation sites is 3. The third kappa shape index (κ3) is 3.98. The number of rotatable bonds is 5. The maximum atomic E-state index is 14.2. The number of allylic oxidation sites excluding steroid dienone is 1. The fourth-order valence-corrected chi connectivity index (χ4v) is 5.87. The molecule has 1 atom stereocenters. The molecule has 0 saturated heterocycles. The summed E-state index contributed by atoms with van der Waals surface area (Å²) in [6.07, 6.45) is 0. The minimum absolute atomic E-state index is 0.303. The second-order valence-corrected chi connectivity index (χ2v) is 10.3. The molecule has 0 bridgehead atoms. The van der Waals surface area contributed by atoms with E-state index in [9.17, 15) is 4.79 Å². The number of amides is 1. The molecule has 0 fully saturated rings. The van der Waals surface area contributed by atoms with Crippen LogP contribution in [-0.2, 0) is 4.79 Å². The number of nitrogens with one attached hydrogen (secondary N) is 2. The highest BCUT2D eigenvalue weighted by Gasteiger charge is 2.35. The number of imidazole rings is 1. The number of benzene rings is 4. The van der Waals surface area contributed by atoms with Gasteiger partial charge in [0.05, 0.1) is 47.6 Å². The number of hydrogen-bond donors (Lipinski definition) is 2. The molecular weight excluding hydrogens is 540 g/mol. The van der Waals surface area contributed by atoms with Crippen LogP contribution < -0.4 is 20.1 Å². The van der Waals surface area contributed by atoms with Crippen molar-refractivity contribution in [3.8, 4) is 11.5 Å². The lowest BCUT2D eigenvalue weighted by Crippen LogP contribution is -2.31. The molecule has 2 aromatic heterocycles. The quantitative estimate of drug-likeness (QED) is 0.225. The maximum absolute atomic E-state index is 14.2. The van der Waals surface area contributed by atoms with Crippen molar-refractivity contribution >= 4 is 62.1 Å². The molecule has 0 aliphatic carbocycles. The molecule has 0 spiro atoms. The van der Waals surface area contributed by atoms with Crippen LogP contribution in [-0.4, -0.2) is 29.7 Å². The van der Waals surface area contributed by atoms with Gasteiger partial charge in [-0.25, -0.2) is 4.98 Å². The Kier molecular flexibility index (Phi) is 5.87. The van der Waals surface area contributed by atoms with Crippen molar-refractivity contribution < 1.29 is 18.7 Å². The summed E-state index contributed by atoms with van der Waals surface area (Å²) in [5, 5.41) is 8.77. The molecule has 9 heteroatoms. The fraction of sp³-hybridized carbons (Fsp3) is 0.125. The first-order valence-electron chi connectivity index (χ1n) is 13.1. The van der Waals surface area contributed by atoms with Crippen LogP contribution in [0.2, 0.25) is 5.02 Å². The molecule has 4 aromatic carbocycles. The number of carbonyl (C=O) groups excluding carboxylic acids is 1. The molecule has 41 heavy (non-hydrogen) atoms. The maximum Gasteiger partial charge on any atom is 0.255 e. The van der Waals surface area contributed by atoms with Gasteiger partial charge in [-0.15, -0.1) is 0 Å². The fourth-order valence-electron chi connectivity index (χ4n) is 5.64. The van der Waals surface area contributed by atoms with Crippen molar-refractivity contribution in [2.45, 2.75) is 13.0 Å². The molecule has 0 saturated carbocycles. The summed E-state index contributed by atoms with van der Waals surface area (Å²) in [5.74, 6) is 1.20. The van der Waals surface area contributed by atoms with Crippen LogP contribution in [0, 0.1) is 0 Å². The standard InChI is InChI=1S/C32H25ClN4O4/c1-17-29(31(38)35-23-16-27(39-2)21(33)15-28(23)40-3)30(37-24-10-6-5-9-22(24)36-32(37)34-17)18-12-13-26-20(14-18)19-8-4-7-11-25(19)41-26/h4-16,30H,1-3H3,(H,34,36)(H,35,38)/t30-/m1/s1. The highest BCUT2D eigenvalue weighted by molar-refractivity contribution is 6.32. The summed E-state index contributed by atoms with van der Waals surface area (Å²) in [4.78, 5) is 19.1. The molecule has 0 radical (unpaired) electrons. The third-order valence-corrected chi connectivity index (χ3v) is 7.81. The van der Waals surface area contributed by atoms with Crippen LogP contribution in [0.5, 0.6) is 11.5 Å². The SMILES string of the molecule is COc1cc(NC(=O)C2=C(C)Nc3nc4ccccc4n3[C@@H]2c2ccc3oc4ccccc4c3c2)c(OC)cc1Cl. The minimum atomic E-state index is -0.489. The van der Waals surface area contributed by atoms with Gasteiger partial charge in [0.25, 0.3) is 5.91 Å². The first kappa shape index (κ1) is 25.0. The summed E-state index contributed by atoms with van der Waals surface area (Å²) in [5.41, 5.74) is 5.90. The van der Waals surface area contributed by atoms with Crippen LogP contribution in [0.3, 0.4) is 0 Å². The first-order chi connectivity index (χ1) is 20.0. The monoisotopic (exact) mass is 564 g/mol. The molecule has 204 valence electrons. The Balaban J connectivity index is 1.41. The Bertz CT molecular complexity index is 2040. The summed E-state index contributed by atoms with van der Waals surface area (Å²) in [6, 6.07) is 24.7. The molecule has 3 heterocycles. The van der Waals surface area contributed by atoms with Crippen molar-refractivity contribution in [1.29, 1.82) is 0 Å². The van der Waals surface area contributed by atoms with E-state index in [0.717, 1.165) is 38.5 Å². The topological polar surface area (TPSA) is 90.6 Å². The number of hydrogen-bond acceptors (Lipinski definition) is 6. The number of methoxy groups -OCH3 is 2. The van der Waals surface area contributed by atoms with E-state index in [1.165, 1.54) is 14.2 Å². The number of anilines is 2. The Morgan fingerprint density at radius 1 is 0.951 bits per heavy atom. The zero-order valence-corrected chi connectivity index (χ0v) is 23.2. The summed E-state index contributed by atoms with van der Waals surface area (Å²) < 4.78 is 19.1. The second kappa shape index (κ2) is 9.60. The van der Waals surface area contributed by atoms with Crippen molar-refractivity contribution in [2.24, 2.45) is 0 Å². The van der Waals surface area contributed by atoms with Crippen molar-refractivity contribution in [2.75, 3.05) is 24.9 Å². The average molecular weight is 565 g/mol.